The van der Waals surface area contributed by atoms with Crippen molar-refractivity contribution in [1.82, 2.24) is 15.1 Å². The first kappa shape index (κ1) is 30.1. The zero-order valence-electron chi connectivity index (χ0n) is 24.8. The van der Waals surface area contributed by atoms with Gasteiger partial charge >= 0.3 is 6.18 Å². The molecule has 3 aromatic carbocycles. The van der Waals surface area contributed by atoms with Crippen LogP contribution in [0.1, 0.15) is 64.8 Å². The van der Waals surface area contributed by atoms with Crippen molar-refractivity contribution in [2.75, 3.05) is 16.8 Å². The number of carbonyl (C=O) groups excluding carboxylic acids is 3. The third-order valence-electron chi connectivity index (χ3n) is 8.56. The lowest BCUT2D eigenvalue weighted by molar-refractivity contribution is -0.137. The van der Waals surface area contributed by atoms with Gasteiger partial charge in [-0.15, -0.1) is 0 Å². The van der Waals surface area contributed by atoms with Crippen molar-refractivity contribution in [2.45, 2.75) is 51.2 Å². The average Bonchev–Trinajstić information content (AvgIpc) is 3.33. The maximum Gasteiger partial charge on any atom is 0.416 e. The monoisotopic (exact) mass is 615 g/mol. The minimum absolute atomic E-state index is 0.0412. The van der Waals surface area contributed by atoms with E-state index in [2.05, 4.69) is 10.6 Å². The number of para-hydroxylation sites is 1. The van der Waals surface area contributed by atoms with E-state index < -0.39 is 35.5 Å². The first-order chi connectivity index (χ1) is 21.6. The lowest BCUT2D eigenvalue weighted by Gasteiger charge is -2.38. The number of aryl methyl sites for hydroxylation is 1. The molecule has 3 amide bonds. The average molecular weight is 616 g/mol. The maximum absolute atomic E-state index is 14.3. The quantitative estimate of drug-likeness (QED) is 0.258. The van der Waals surface area contributed by atoms with Gasteiger partial charge < -0.3 is 10.6 Å². The molecule has 0 unspecified atom stereocenters. The summed E-state index contributed by atoms with van der Waals surface area (Å²) in [4.78, 5) is 42.2. The number of hydrogen-bond donors (Lipinski definition) is 2. The Morgan fingerprint density at radius 1 is 0.978 bits per heavy atom. The van der Waals surface area contributed by atoms with Crippen LogP contribution in [-0.2, 0) is 15.8 Å². The van der Waals surface area contributed by atoms with Gasteiger partial charge in [0.2, 0.25) is 5.91 Å². The van der Waals surface area contributed by atoms with Crippen molar-refractivity contribution in [3.05, 3.63) is 107 Å². The standard InChI is InChI=1S/C34H32F3N5O3/c1-3-41-32-27(20(2)40-42(32)26-16-5-4-6-17-26)28(22-12-9-15-25(19-22)38-30(43)21-10-7-11-21)29(33(41)45)39-31(44)23-13-8-14-24(18-23)34(35,36)37/h4-6,8-9,12-19,21,28-29H,3,7,10-11H2,1-2H3,(H,38,43)(H,39,44)/t28-,29+/m0/s1. The molecule has 1 saturated carbocycles. The van der Waals surface area contributed by atoms with Crippen molar-refractivity contribution >= 4 is 29.2 Å². The Morgan fingerprint density at radius 2 is 1.71 bits per heavy atom. The summed E-state index contributed by atoms with van der Waals surface area (Å²) in [6.07, 6.45) is -1.96. The zero-order chi connectivity index (χ0) is 31.9. The molecule has 8 nitrogen and oxygen atoms in total. The van der Waals surface area contributed by atoms with Crippen molar-refractivity contribution in [2.24, 2.45) is 5.92 Å². The van der Waals surface area contributed by atoms with E-state index in [1.54, 1.807) is 22.9 Å². The third-order valence-corrected chi connectivity index (χ3v) is 8.56. The number of amides is 3. The molecule has 2 atom stereocenters. The number of alkyl halides is 3. The van der Waals surface area contributed by atoms with Crippen molar-refractivity contribution in [3.8, 4) is 5.69 Å². The summed E-state index contributed by atoms with van der Waals surface area (Å²) < 4.78 is 42.1. The fourth-order valence-electron chi connectivity index (χ4n) is 6.08. The molecule has 0 radical (unpaired) electrons. The summed E-state index contributed by atoms with van der Waals surface area (Å²) in [7, 11) is 0. The molecule has 0 bridgehead atoms. The second kappa shape index (κ2) is 11.9. The highest BCUT2D eigenvalue weighted by Crippen LogP contribution is 2.44. The first-order valence-electron chi connectivity index (χ1n) is 14.9. The van der Waals surface area contributed by atoms with Crippen LogP contribution in [0, 0.1) is 12.8 Å². The predicted molar refractivity (Wildman–Crippen MR) is 163 cm³/mol. The molecule has 1 aliphatic carbocycles. The van der Waals surface area contributed by atoms with E-state index >= 15 is 0 Å². The number of anilines is 2. The molecule has 232 valence electrons. The molecule has 2 N–H and O–H groups in total. The Labute approximate surface area is 258 Å². The number of halogens is 3. The summed E-state index contributed by atoms with van der Waals surface area (Å²) in [6.45, 7) is 3.88. The molecule has 2 heterocycles. The fraction of sp³-hybridized carbons (Fsp3) is 0.294. The van der Waals surface area contributed by atoms with Crippen LogP contribution >= 0.6 is 0 Å². The minimum Gasteiger partial charge on any atom is -0.339 e. The summed E-state index contributed by atoms with van der Waals surface area (Å²) in [5.41, 5.74) is 2.05. The van der Waals surface area contributed by atoms with Gasteiger partial charge in [0.05, 0.1) is 16.9 Å². The molecular weight excluding hydrogens is 583 g/mol. The van der Waals surface area contributed by atoms with Crippen molar-refractivity contribution in [1.29, 1.82) is 0 Å². The molecule has 1 aliphatic heterocycles. The SMILES string of the molecule is CCN1C(=O)[C@H](NC(=O)c2cccc(C(F)(F)F)c2)[C@@H](c2cccc(NC(=O)C3CCC3)c2)c2c(C)nn(-c3ccccc3)c21. The van der Waals surface area contributed by atoms with Gasteiger partial charge in [-0.2, -0.15) is 18.3 Å². The minimum atomic E-state index is -4.64. The number of likely N-dealkylation sites (N-methyl/N-ethyl adjacent to an activating group) is 1. The van der Waals surface area contributed by atoms with Crippen LogP contribution in [-0.4, -0.2) is 40.1 Å². The zero-order valence-corrected chi connectivity index (χ0v) is 24.8. The fourth-order valence-corrected chi connectivity index (χ4v) is 6.08. The van der Waals surface area contributed by atoms with E-state index in [0.29, 0.717) is 28.3 Å². The van der Waals surface area contributed by atoms with Crippen LogP contribution in [0.2, 0.25) is 0 Å². The van der Waals surface area contributed by atoms with Gasteiger partial charge in [0.25, 0.3) is 11.8 Å². The molecule has 45 heavy (non-hydrogen) atoms. The Bertz CT molecular complexity index is 1760. The van der Waals surface area contributed by atoms with Crippen LogP contribution in [0.4, 0.5) is 24.7 Å². The number of carbonyl (C=O) groups is 3. The van der Waals surface area contributed by atoms with E-state index in [0.717, 1.165) is 43.1 Å². The van der Waals surface area contributed by atoms with E-state index in [1.807, 2.05) is 50.2 Å². The molecule has 1 aromatic heterocycles. The number of benzene rings is 3. The van der Waals surface area contributed by atoms with Gasteiger partial charge in [-0.1, -0.05) is 42.8 Å². The Balaban J connectivity index is 1.46. The molecule has 11 heteroatoms. The second-order valence-corrected chi connectivity index (χ2v) is 11.4. The van der Waals surface area contributed by atoms with Gasteiger partial charge in [-0.3, -0.25) is 19.3 Å². The molecule has 1 fully saturated rings. The second-order valence-electron chi connectivity index (χ2n) is 11.4. The van der Waals surface area contributed by atoms with E-state index in [4.69, 9.17) is 5.10 Å². The van der Waals surface area contributed by atoms with E-state index in [-0.39, 0.29) is 23.9 Å². The predicted octanol–water partition coefficient (Wildman–Crippen LogP) is 6.24. The topological polar surface area (TPSA) is 96.3 Å². The van der Waals surface area contributed by atoms with Gasteiger partial charge in [0.1, 0.15) is 11.9 Å². The normalized spacial score (nSPS) is 18.2. The van der Waals surface area contributed by atoms with Crippen LogP contribution in [0.3, 0.4) is 0 Å². The van der Waals surface area contributed by atoms with Gasteiger partial charge in [-0.05, 0) is 74.7 Å². The van der Waals surface area contributed by atoms with Gasteiger partial charge in [-0.25, -0.2) is 4.68 Å². The molecule has 6 rings (SSSR count). The van der Waals surface area contributed by atoms with Gasteiger partial charge in [0.15, 0.2) is 0 Å². The molecular formula is C34H32F3N5O3. The molecule has 4 aromatic rings. The highest BCUT2D eigenvalue weighted by atomic mass is 19.4. The summed E-state index contributed by atoms with van der Waals surface area (Å²) in [5, 5.41) is 10.6. The number of rotatable bonds is 7. The highest BCUT2D eigenvalue weighted by Gasteiger charge is 2.45. The maximum atomic E-state index is 14.3. The van der Waals surface area contributed by atoms with Crippen LogP contribution in [0.5, 0.6) is 0 Å². The van der Waals surface area contributed by atoms with Crippen molar-refractivity contribution < 1.29 is 27.6 Å². The Morgan fingerprint density at radius 3 is 2.38 bits per heavy atom. The summed E-state index contributed by atoms with van der Waals surface area (Å²) >= 11 is 0. The Hall–Kier alpha value is -4.93. The number of nitrogens with zero attached hydrogens (tertiary/aromatic N) is 3. The summed E-state index contributed by atoms with van der Waals surface area (Å²) in [6, 6.07) is 19.4. The van der Waals surface area contributed by atoms with E-state index in [9.17, 15) is 27.6 Å². The highest BCUT2D eigenvalue weighted by molar-refractivity contribution is 6.05. The number of nitrogens with one attached hydrogen (secondary N) is 2. The molecule has 0 spiro atoms. The Kier molecular flexibility index (Phi) is 7.94. The lowest BCUT2D eigenvalue weighted by atomic mass is 9.80. The van der Waals surface area contributed by atoms with Crippen LogP contribution in [0.15, 0.2) is 78.9 Å². The molecule has 0 saturated heterocycles. The largest absolute Gasteiger partial charge is 0.416 e. The van der Waals surface area contributed by atoms with Crippen LogP contribution < -0.4 is 15.5 Å². The number of aromatic nitrogens is 2. The number of fused-ring (bicyclic) bond motifs is 1. The lowest BCUT2D eigenvalue weighted by Crippen LogP contribution is -2.55. The number of hydrogen-bond acceptors (Lipinski definition) is 4. The third kappa shape index (κ3) is 5.70. The smallest absolute Gasteiger partial charge is 0.339 e. The van der Waals surface area contributed by atoms with E-state index in [1.165, 1.54) is 11.0 Å². The van der Waals surface area contributed by atoms with Gasteiger partial charge in [0, 0.05) is 35.2 Å². The first-order valence-corrected chi connectivity index (χ1v) is 14.9. The summed E-state index contributed by atoms with van der Waals surface area (Å²) in [5.74, 6) is -1.57. The van der Waals surface area contributed by atoms with Crippen LogP contribution in [0.25, 0.3) is 5.69 Å². The molecule has 2 aliphatic rings. The van der Waals surface area contributed by atoms with Crippen molar-refractivity contribution in [3.63, 3.8) is 0 Å².